The molecule has 20 heavy (non-hydrogen) atoms. The third-order valence-corrected chi connectivity index (χ3v) is 2.79. The number of esters is 1. The van der Waals surface area contributed by atoms with Gasteiger partial charge in [0.25, 0.3) is 0 Å². The van der Waals surface area contributed by atoms with Crippen molar-refractivity contribution >= 4 is 5.97 Å². The highest BCUT2D eigenvalue weighted by molar-refractivity contribution is 5.70. The Hall–Kier alpha value is -1.57. The minimum Gasteiger partial charge on any atom is -0.469 e. The summed E-state index contributed by atoms with van der Waals surface area (Å²) in [5, 5.41) is 0. The van der Waals surface area contributed by atoms with E-state index in [2.05, 4.69) is 35.6 Å². The number of rotatable bonds is 12. The van der Waals surface area contributed by atoms with Gasteiger partial charge in [-0.3, -0.25) is 4.79 Å². The third kappa shape index (κ3) is 14.5. The van der Waals surface area contributed by atoms with E-state index >= 15 is 0 Å². The summed E-state index contributed by atoms with van der Waals surface area (Å²) in [6, 6.07) is 0. The fraction of sp³-hybridized carbons (Fsp3) is 0.500. The lowest BCUT2D eigenvalue weighted by Gasteiger charge is -1.92. The van der Waals surface area contributed by atoms with Crippen molar-refractivity contribution in [3.05, 3.63) is 49.1 Å². The minimum absolute atomic E-state index is 0.184. The molecule has 0 amide bonds. The maximum absolute atomic E-state index is 10.8. The number of allylic oxidation sites excluding steroid dienone is 6. The van der Waals surface area contributed by atoms with Crippen molar-refractivity contribution in [2.75, 3.05) is 7.11 Å². The monoisotopic (exact) mass is 276 g/mol. The van der Waals surface area contributed by atoms with E-state index in [0.29, 0.717) is 6.42 Å². The van der Waals surface area contributed by atoms with Gasteiger partial charge in [0.1, 0.15) is 0 Å². The Morgan fingerprint density at radius 3 is 1.85 bits per heavy atom. The molecule has 112 valence electrons. The number of unbranched alkanes of at least 4 members (excludes halogenated alkanes) is 4. The molecule has 0 aliphatic carbocycles. The molecule has 2 nitrogen and oxygen atoms in total. The highest BCUT2D eigenvalue weighted by atomic mass is 16.5. The van der Waals surface area contributed by atoms with Crippen LogP contribution in [0.1, 0.15) is 51.4 Å². The van der Waals surface area contributed by atoms with E-state index in [1.165, 1.54) is 13.5 Å². The van der Waals surface area contributed by atoms with E-state index in [-0.39, 0.29) is 5.97 Å². The average molecular weight is 276 g/mol. The number of ether oxygens (including phenoxy) is 1. The zero-order valence-electron chi connectivity index (χ0n) is 12.7. The maximum atomic E-state index is 10.8. The van der Waals surface area contributed by atoms with Gasteiger partial charge in [-0.15, -0.1) is 6.58 Å². The van der Waals surface area contributed by atoms with Gasteiger partial charge >= 0.3 is 5.97 Å². The molecule has 0 unspecified atom stereocenters. The number of carbonyl (C=O) groups is 1. The molecule has 0 rings (SSSR count). The van der Waals surface area contributed by atoms with Crippen LogP contribution in [0.25, 0.3) is 0 Å². The van der Waals surface area contributed by atoms with Gasteiger partial charge in [-0.2, -0.15) is 0 Å². The van der Waals surface area contributed by atoms with Gasteiger partial charge in [0.15, 0.2) is 0 Å². The molecule has 0 fully saturated rings. The predicted molar refractivity (Wildman–Crippen MR) is 86.6 cm³/mol. The Balaban J connectivity index is 3.35. The molecule has 0 bridgehead atoms. The molecule has 0 radical (unpaired) electrons. The first-order chi connectivity index (χ1) is 9.81. The Kier molecular flexibility index (Phi) is 14.3. The summed E-state index contributed by atoms with van der Waals surface area (Å²) in [5.41, 5.74) is 0. The molecule has 0 aromatic rings. The standard InChI is InChI=1S/C18H28O2/c1-3-4-5-6-7-8-9-10-11-12-13-14-15-16-17-18(19)20-2/h3,7-8,11-12,15-16H,1,4-6,9-10,13-14,17H2,2H3/b8-7+,12-11+,16-15+. The van der Waals surface area contributed by atoms with Crippen LogP contribution in [0.2, 0.25) is 0 Å². The van der Waals surface area contributed by atoms with Crippen LogP contribution in [0.15, 0.2) is 49.1 Å². The van der Waals surface area contributed by atoms with Crippen LogP contribution in [0.3, 0.4) is 0 Å². The van der Waals surface area contributed by atoms with Crippen molar-refractivity contribution in [1.29, 1.82) is 0 Å². The summed E-state index contributed by atoms with van der Waals surface area (Å²) in [6.07, 6.45) is 22.9. The first-order valence-electron chi connectivity index (χ1n) is 7.44. The van der Waals surface area contributed by atoms with Gasteiger partial charge in [0.2, 0.25) is 0 Å². The van der Waals surface area contributed by atoms with Crippen molar-refractivity contribution < 1.29 is 9.53 Å². The van der Waals surface area contributed by atoms with E-state index in [0.717, 1.165) is 38.5 Å². The molecule has 0 aromatic carbocycles. The van der Waals surface area contributed by atoms with Crippen LogP contribution in [0, 0.1) is 0 Å². The van der Waals surface area contributed by atoms with E-state index in [9.17, 15) is 4.79 Å². The van der Waals surface area contributed by atoms with Crippen molar-refractivity contribution in [3.63, 3.8) is 0 Å². The van der Waals surface area contributed by atoms with Gasteiger partial charge in [-0.1, -0.05) is 42.5 Å². The van der Waals surface area contributed by atoms with E-state index in [4.69, 9.17) is 0 Å². The molecule has 0 spiro atoms. The predicted octanol–water partition coefficient (Wildman–Crippen LogP) is 5.13. The Morgan fingerprint density at radius 1 is 0.850 bits per heavy atom. The van der Waals surface area contributed by atoms with Crippen molar-refractivity contribution in [1.82, 2.24) is 0 Å². The number of carbonyl (C=O) groups excluding carboxylic acids is 1. The van der Waals surface area contributed by atoms with Crippen LogP contribution in [0.5, 0.6) is 0 Å². The highest BCUT2D eigenvalue weighted by Gasteiger charge is 1.92. The summed E-state index contributed by atoms with van der Waals surface area (Å²) in [7, 11) is 1.41. The Labute approximate surface area is 123 Å². The molecular formula is C18H28O2. The van der Waals surface area contributed by atoms with Crippen LogP contribution in [0.4, 0.5) is 0 Å². The van der Waals surface area contributed by atoms with Crippen molar-refractivity contribution in [2.24, 2.45) is 0 Å². The number of hydrogen-bond acceptors (Lipinski definition) is 2. The van der Waals surface area contributed by atoms with Gasteiger partial charge in [-0.25, -0.2) is 0 Å². The maximum Gasteiger partial charge on any atom is 0.309 e. The van der Waals surface area contributed by atoms with Crippen LogP contribution < -0.4 is 0 Å². The zero-order chi connectivity index (χ0) is 14.9. The smallest absolute Gasteiger partial charge is 0.309 e. The van der Waals surface area contributed by atoms with Gasteiger partial charge in [0.05, 0.1) is 13.5 Å². The second kappa shape index (κ2) is 15.5. The second-order valence-electron chi connectivity index (χ2n) is 4.57. The van der Waals surface area contributed by atoms with Crippen LogP contribution in [-0.4, -0.2) is 13.1 Å². The first kappa shape index (κ1) is 18.4. The molecule has 0 saturated heterocycles. The summed E-state index contributed by atoms with van der Waals surface area (Å²) < 4.78 is 4.55. The van der Waals surface area contributed by atoms with Crippen LogP contribution >= 0.6 is 0 Å². The molecule has 2 heteroatoms. The molecular weight excluding hydrogens is 248 g/mol. The molecule has 0 aliphatic rings. The summed E-state index contributed by atoms with van der Waals surface area (Å²) >= 11 is 0. The minimum atomic E-state index is -0.184. The fourth-order valence-corrected chi connectivity index (χ4v) is 1.62. The molecule has 0 heterocycles. The lowest BCUT2D eigenvalue weighted by molar-refractivity contribution is -0.139. The summed E-state index contributed by atoms with van der Waals surface area (Å²) in [5.74, 6) is -0.184. The molecule has 0 N–H and O–H groups in total. The molecule has 0 aromatic heterocycles. The number of hydrogen-bond donors (Lipinski definition) is 0. The normalized spacial score (nSPS) is 11.7. The first-order valence-corrected chi connectivity index (χ1v) is 7.44. The SMILES string of the molecule is C=CCCC/C=C/CC/C=C/CC/C=C/CC(=O)OC. The van der Waals surface area contributed by atoms with Gasteiger partial charge < -0.3 is 4.74 Å². The lowest BCUT2D eigenvalue weighted by Crippen LogP contribution is -1.96. The van der Waals surface area contributed by atoms with Crippen molar-refractivity contribution in [3.8, 4) is 0 Å². The third-order valence-electron chi connectivity index (χ3n) is 2.79. The van der Waals surface area contributed by atoms with Gasteiger partial charge in [-0.05, 0) is 44.9 Å². The average Bonchev–Trinajstić information content (AvgIpc) is 2.47. The molecule has 0 saturated carbocycles. The second-order valence-corrected chi connectivity index (χ2v) is 4.57. The van der Waals surface area contributed by atoms with E-state index < -0.39 is 0 Å². The fourth-order valence-electron chi connectivity index (χ4n) is 1.62. The summed E-state index contributed by atoms with van der Waals surface area (Å²) in [6.45, 7) is 3.71. The van der Waals surface area contributed by atoms with E-state index in [1.54, 1.807) is 0 Å². The van der Waals surface area contributed by atoms with Crippen LogP contribution in [-0.2, 0) is 9.53 Å². The van der Waals surface area contributed by atoms with E-state index in [1.807, 2.05) is 18.2 Å². The topological polar surface area (TPSA) is 26.3 Å². The number of methoxy groups -OCH3 is 1. The highest BCUT2D eigenvalue weighted by Crippen LogP contribution is 2.01. The quantitative estimate of drug-likeness (QED) is 0.280. The summed E-state index contributed by atoms with van der Waals surface area (Å²) in [4.78, 5) is 10.8. The lowest BCUT2D eigenvalue weighted by atomic mass is 10.2. The van der Waals surface area contributed by atoms with Crippen molar-refractivity contribution in [2.45, 2.75) is 51.4 Å². The van der Waals surface area contributed by atoms with Gasteiger partial charge in [0, 0.05) is 0 Å². The largest absolute Gasteiger partial charge is 0.469 e. The Morgan fingerprint density at radius 2 is 1.35 bits per heavy atom. The Bertz CT molecular complexity index is 324. The molecule has 0 atom stereocenters. The molecule has 0 aliphatic heterocycles. The zero-order valence-corrected chi connectivity index (χ0v) is 12.7.